The van der Waals surface area contributed by atoms with E-state index in [1.54, 1.807) is 18.2 Å². The number of aromatic hydroxyl groups is 1. The fourth-order valence-corrected chi connectivity index (χ4v) is 5.81. The first-order valence-corrected chi connectivity index (χ1v) is 10.2. The van der Waals surface area contributed by atoms with Crippen molar-refractivity contribution in [1.29, 1.82) is 0 Å². The molecule has 1 atom stereocenters. The maximum atomic E-state index is 12.6. The van der Waals surface area contributed by atoms with Gasteiger partial charge in [-0.15, -0.1) is 0 Å². The number of sulfone groups is 1. The Balaban J connectivity index is 1.86. The van der Waals surface area contributed by atoms with E-state index in [0.29, 0.717) is 27.0 Å². The molecule has 1 aromatic carbocycles. The Hall–Kier alpha value is -1.58. The van der Waals surface area contributed by atoms with Gasteiger partial charge in [-0.1, -0.05) is 30.0 Å². The molecule has 2 saturated heterocycles. The highest BCUT2D eigenvalue weighted by molar-refractivity contribution is 8.26. The molecular weight excluding hydrogens is 370 g/mol. The molecule has 2 aliphatic heterocycles. The third kappa shape index (κ3) is 3.28. The number of phenolic OH excluding ortho intramolecular Hbond substituents is 1. The van der Waals surface area contributed by atoms with Crippen LogP contribution in [0.4, 0.5) is 0 Å². The van der Waals surface area contributed by atoms with Crippen LogP contribution >= 0.6 is 24.0 Å². The fourth-order valence-electron chi connectivity index (χ4n) is 2.71. The number of hydrogen-bond acceptors (Lipinski definition) is 7. The van der Waals surface area contributed by atoms with Crippen LogP contribution in [0.15, 0.2) is 23.1 Å². The van der Waals surface area contributed by atoms with Crippen LogP contribution < -0.4 is 4.74 Å². The Morgan fingerprint density at radius 2 is 2.21 bits per heavy atom. The van der Waals surface area contributed by atoms with Crippen LogP contribution in [-0.4, -0.2) is 53.3 Å². The predicted octanol–water partition coefficient (Wildman–Crippen LogP) is 1.79. The van der Waals surface area contributed by atoms with Gasteiger partial charge >= 0.3 is 0 Å². The van der Waals surface area contributed by atoms with Crippen molar-refractivity contribution in [2.45, 2.75) is 12.5 Å². The van der Waals surface area contributed by atoms with Gasteiger partial charge in [0.25, 0.3) is 5.91 Å². The summed E-state index contributed by atoms with van der Waals surface area (Å²) in [5.41, 5.74) is 0.684. The zero-order valence-electron chi connectivity index (χ0n) is 12.8. The lowest BCUT2D eigenvalue weighted by Crippen LogP contribution is -2.39. The minimum atomic E-state index is -3.10. The second-order valence-corrected chi connectivity index (χ2v) is 9.44. The van der Waals surface area contributed by atoms with E-state index >= 15 is 0 Å². The SMILES string of the molecule is COc1cc(/C=C2/SC(=S)N([C@@H]3CCS(=O)(=O)C3)C2=O)ccc1O. The van der Waals surface area contributed by atoms with Crippen LogP contribution in [0, 0.1) is 0 Å². The average Bonchev–Trinajstić information content (AvgIpc) is 3.00. The average molecular weight is 385 g/mol. The molecule has 1 aromatic rings. The number of ether oxygens (including phenoxy) is 1. The maximum Gasteiger partial charge on any atom is 0.266 e. The number of nitrogens with zero attached hydrogens (tertiary/aromatic N) is 1. The summed E-state index contributed by atoms with van der Waals surface area (Å²) < 4.78 is 28.7. The first-order valence-electron chi connectivity index (χ1n) is 7.15. The van der Waals surface area contributed by atoms with E-state index in [1.807, 2.05) is 0 Å². The van der Waals surface area contributed by atoms with Crippen molar-refractivity contribution in [3.05, 3.63) is 28.7 Å². The second kappa shape index (κ2) is 6.38. The summed E-state index contributed by atoms with van der Waals surface area (Å²) in [5, 5.41) is 9.62. The highest BCUT2D eigenvalue weighted by atomic mass is 32.2. The molecule has 1 amide bonds. The molecule has 3 rings (SSSR count). The normalized spacial score (nSPS) is 24.8. The van der Waals surface area contributed by atoms with Gasteiger partial charge in [0.15, 0.2) is 21.3 Å². The van der Waals surface area contributed by atoms with Gasteiger partial charge in [0.05, 0.1) is 29.6 Å². The highest BCUT2D eigenvalue weighted by Gasteiger charge is 2.42. The summed E-state index contributed by atoms with van der Waals surface area (Å²) in [6.07, 6.45) is 2.07. The fraction of sp³-hybridized carbons (Fsp3) is 0.333. The number of methoxy groups -OCH3 is 1. The number of phenols is 1. The number of hydrogen-bond donors (Lipinski definition) is 1. The molecule has 2 fully saturated rings. The summed E-state index contributed by atoms with van der Waals surface area (Å²) in [6.45, 7) is 0. The lowest BCUT2D eigenvalue weighted by molar-refractivity contribution is -0.123. The van der Waals surface area contributed by atoms with Gasteiger partial charge in [-0.3, -0.25) is 9.69 Å². The van der Waals surface area contributed by atoms with Crippen molar-refractivity contribution in [1.82, 2.24) is 4.90 Å². The van der Waals surface area contributed by atoms with E-state index in [4.69, 9.17) is 17.0 Å². The molecule has 128 valence electrons. The van der Waals surface area contributed by atoms with Crippen LogP contribution in [-0.2, 0) is 14.6 Å². The van der Waals surface area contributed by atoms with E-state index in [1.165, 1.54) is 18.1 Å². The molecule has 2 aliphatic rings. The van der Waals surface area contributed by atoms with E-state index in [9.17, 15) is 18.3 Å². The predicted molar refractivity (Wildman–Crippen MR) is 96.7 cm³/mol. The van der Waals surface area contributed by atoms with Crippen LogP contribution in [0.25, 0.3) is 6.08 Å². The van der Waals surface area contributed by atoms with Crippen LogP contribution in [0.1, 0.15) is 12.0 Å². The molecule has 0 unspecified atom stereocenters. The number of benzene rings is 1. The van der Waals surface area contributed by atoms with Gasteiger partial charge < -0.3 is 9.84 Å². The van der Waals surface area contributed by atoms with Gasteiger partial charge in [0.2, 0.25) is 0 Å². The van der Waals surface area contributed by atoms with Gasteiger partial charge in [-0.2, -0.15) is 0 Å². The largest absolute Gasteiger partial charge is 0.504 e. The van der Waals surface area contributed by atoms with Crippen molar-refractivity contribution in [2.75, 3.05) is 18.6 Å². The molecule has 1 N–H and O–H groups in total. The topological polar surface area (TPSA) is 83.9 Å². The van der Waals surface area contributed by atoms with Crippen molar-refractivity contribution < 1.29 is 23.1 Å². The van der Waals surface area contributed by atoms with Gasteiger partial charge in [0.1, 0.15) is 4.32 Å². The third-order valence-electron chi connectivity index (χ3n) is 3.90. The summed E-state index contributed by atoms with van der Waals surface area (Å²) in [7, 11) is -1.65. The molecule has 0 aromatic heterocycles. The minimum absolute atomic E-state index is 0.0124. The lowest BCUT2D eigenvalue weighted by Gasteiger charge is -2.20. The Kier molecular flexibility index (Phi) is 4.58. The van der Waals surface area contributed by atoms with Crippen LogP contribution in [0.3, 0.4) is 0 Å². The standard InChI is InChI=1S/C15H15NO5S3/c1-21-12-6-9(2-3-11(12)17)7-13-14(18)16(15(22)23-13)10-4-5-24(19,20)8-10/h2-3,6-7,10,17H,4-5,8H2,1H3/b13-7+/t10-/m1/s1. The first kappa shape index (κ1) is 17.2. The molecule has 6 nitrogen and oxygen atoms in total. The smallest absolute Gasteiger partial charge is 0.266 e. The Bertz CT molecular complexity index is 847. The number of rotatable bonds is 3. The van der Waals surface area contributed by atoms with Crippen molar-refractivity contribution in [2.24, 2.45) is 0 Å². The second-order valence-electron chi connectivity index (χ2n) is 5.54. The van der Waals surface area contributed by atoms with Crippen molar-refractivity contribution >= 4 is 50.1 Å². The van der Waals surface area contributed by atoms with E-state index in [2.05, 4.69) is 0 Å². The molecule has 0 radical (unpaired) electrons. The summed E-state index contributed by atoms with van der Waals surface area (Å²) in [5.74, 6) is 0.0847. The molecular formula is C15H15NO5S3. The van der Waals surface area contributed by atoms with Gasteiger partial charge in [-0.25, -0.2) is 8.42 Å². The quantitative estimate of drug-likeness (QED) is 0.627. The number of thioether (sulfide) groups is 1. The number of carbonyl (C=O) groups excluding carboxylic acids is 1. The van der Waals surface area contributed by atoms with Gasteiger partial charge in [0, 0.05) is 0 Å². The van der Waals surface area contributed by atoms with Crippen molar-refractivity contribution in [3.63, 3.8) is 0 Å². The molecule has 2 heterocycles. The lowest BCUT2D eigenvalue weighted by atomic mass is 10.1. The number of carbonyl (C=O) groups is 1. The summed E-state index contributed by atoms with van der Waals surface area (Å²) >= 11 is 6.41. The summed E-state index contributed by atoms with van der Waals surface area (Å²) in [6, 6.07) is 4.36. The van der Waals surface area contributed by atoms with E-state index in [-0.39, 0.29) is 29.2 Å². The zero-order valence-corrected chi connectivity index (χ0v) is 15.2. The molecule has 0 bridgehead atoms. The third-order valence-corrected chi connectivity index (χ3v) is 6.98. The minimum Gasteiger partial charge on any atom is -0.504 e. The zero-order chi connectivity index (χ0) is 17.5. The number of thiocarbonyl (C=S) groups is 1. The Labute approximate surface area is 149 Å². The van der Waals surface area contributed by atoms with E-state index in [0.717, 1.165) is 11.8 Å². The van der Waals surface area contributed by atoms with E-state index < -0.39 is 9.84 Å². The van der Waals surface area contributed by atoms with Crippen LogP contribution in [0.2, 0.25) is 0 Å². The van der Waals surface area contributed by atoms with Crippen molar-refractivity contribution in [3.8, 4) is 11.5 Å². The Morgan fingerprint density at radius 3 is 2.83 bits per heavy atom. The Morgan fingerprint density at radius 1 is 1.46 bits per heavy atom. The highest BCUT2D eigenvalue weighted by Crippen LogP contribution is 2.37. The van der Waals surface area contributed by atoms with Gasteiger partial charge in [-0.05, 0) is 30.2 Å². The summed E-state index contributed by atoms with van der Waals surface area (Å²) in [4.78, 5) is 14.5. The molecule has 0 spiro atoms. The molecule has 9 heteroatoms. The number of amides is 1. The van der Waals surface area contributed by atoms with Crippen LogP contribution in [0.5, 0.6) is 11.5 Å². The molecule has 0 aliphatic carbocycles. The molecule has 24 heavy (non-hydrogen) atoms. The first-order chi connectivity index (χ1) is 11.3. The monoisotopic (exact) mass is 385 g/mol. The maximum absolute atomic E-state index is 12.6. The molecule has 0 saturated carbocycles.